The maximum absolute atomic E-state index is 10.6. The number of anilines is 1. The fourth-order valence-corrected chi connectivity index (χ4v) is 4.67. The van der Waals surface area contributed by atoms with Gasteiger partial charge in [-0.25, -0.2) is 15.0 Å². The third-order valence-corrected chi connectivity index (χ3v) is 6.57. The van der Waals surface area contributed by atoms with Crippen LogP contribution >= 0.6 is 0 Å². The summed E-state index contributed by atoms with van der Waals surface area (Å²) in [6.07, 6.45) is 0.0518. The Balaban J connectivity index is 1.43. The lowest BCUT2D eigenvalue weighted by molar-refractivity contribution is 0.000577. The van der Waals surface area contributed by atoms with E-state index in [1.54, 1.807) is 12.3 Å². The van der Waals surface area contributed by atoms with E-state index in [2.05, 4.69) is 25.9 Å². The maximum Gasteiger partial charge on any atom is 0.215 e. The molecule has 0 unspecified atom stereocenters. The van der Waals surface area contributed by atoms with Gasteiger partial charge in [-0.3, -0.25) is 0 Å². The average Bonchev–Trinajstić information content (AvgIpc) is 3.16. The van der Waals surface area contributed by atoms with Crippen molar-refractivity contribution in [1.82, 2.24) is 20.6 Å². The Labute approximate surface area is 215 Å². The molecule has 10 nitrogen and oxygen atoms in total. The average molecular weight is 505 g/mol. The molecule has 0 amide bonds. The van der Waals surface area contributed by atoms with E-state index in [-0.39, 0.29) is 12.7 Å². The van der Waals surface area contributed by atoms with Crippen LogP contribution in [0.3, 0.4) is 0 Å². The number of aliphatic hydroxyl groups excluding tert-OH is 3. The first-order valence-electron chi connectivity index (χ1n) is 12.5. The van der Waals surface area contributed by atoms with E-state index in [0.717, 1.165) is 27.9 Å². The van der Waals surface area contributed by atoms with Crippen molar-refractivity contribution < 1.29 is 20.1 Å². The van der Waals surface area contributed by atoms with Crippen molar-refractivity contribution in [2.45, 2.75) is 44.6 Å². The van der Waals surface area contributed by atoms with Crippen molar-refractivity contribution in [2.75, 3.05) is 18.5 Å². The summed E-state index contributed by atoms with van der Waals surface area (Å²) in [5.41, 5.74) is 3.19. The van der Waals surface area contributed by atoms with Crippen LogP contribution in [0.1, 0.15) is 26.0 Å². The van der Waals surface area contributed by atoms with Crippen molar-refractivity contribution in [2.24, 2.45) is 10.9 Å². The number of hydrogen-bond donors (Lipinski definition) is 6. The molecule has 2 aliphatic rings. The lowest BCUT2D eigenvalue weighted by Gasteiger charge is -2.28. The molecule has 1 aromatic carbocycles. The molecule has 0 spiro atoms. The second-order valence-corrected chi connectivity index (χ2v) is 9.62. The zero-order chi connectivity index (χ0) is 25.9. The number of ether oxygens (including phenoxy) is 1. The molecule has 1 aliphatic carbocycles. The van der Waals surface area contributed by atoms with E-state index in [1.165, 1.54) is 0 Å². The third-order valence-electron chi connectivity index (χ3n) is 6.57. The highest BCUT2D eigenvalue weighted by Crippen LogP contribution is 2.29. The molecule has 4 atom stereocenters. The predicted octanol–water partition coefficient (Wildman–Crippen LogP) is 1.85. The smallest absolute Gasteiger partial charge is 0.215 e. The summed E-state index contributed by atoms with van der Waals surface area (Å²) in [4.78, 5) is 13.8. The highest BCUT2D eigenvalue weighted by molar-refractivity contribution is 5.98. The monoisotopic (exact) mass is 504 g/mol. The predicted molar refractivity (Wildman–Crippen MR) is 142 cm³/mol. The van der Waals surface area contributed by atoms with E-state index in [1.807, 2.05) is 56.3 Å². The number of aliphatic hydroxyl groups is 3. The first-order valence-corrected chi connectivity index (χ1v) is 12.5. The molecule has 5 rings (SSSR count). The molecule has 194 valence electrons. The van der Waals surface area contributed by atoms with Gasteiger partial charge in [-0.15, -0.1) is 0 Å². The SMILES string of the molecule is CC(C)Oc1cc(NC2=NCC(c3ccc4ccccc4n3)=C(N[C@@H]3C[C@H](CO)[C@@H](O)[C@H]3O)N2)ccn1. The molecule has 0 bridgehead atoms. The number of guanidine groups is 1. The third kappa shape index (κ3) is 5.51. The Morgan fingerprint density at radius 2 is 1.95 bits per heavy atom. The van der Waals surface area contributed by atoms with Crippen LogP contribution in [-0.2, 0) is 0 Å². The van der Waals surface area contributed by atoms with Gasteiger partial charge in [-0.05, 0) is 38.5 Å². The molecule has 0 saturated heterocycles. The minimum absolute atomic E-state index is 0.000389. The van der Waals surface area contributed by atoms with Gasteiger partial charge in [0.15, 0.2) is 0 Å². The van der Waals surface area contributed by atoms with Crippen molar-refractivity contribution >= 4 is 28.1 Å². The van der Waals surface area contributed by atoms with E-state index < -0.39 is 24.2 Å². The van der Waals surface area contributed by atoms with Crippen LogP contribution in [0.15, 0.2) is 65.5 Å². The summed E-state index contributed by atoms with van der Waals surface area (Å²) in [6, 6.07) is 15.0. The van der Waals surface area contributed by atoms with Gasteiger partial charge >= 0.3 is 0 Å². The van der Waals surface area contributed by atoms with Crippen LogP contribution in [0.5, 0.6) is 5.88 Å². The van der Waals surface area contributed by atoms with Crippen molar-refractivity contribution in [1.29, 1.82) is 0 Å². The largest absolute Gasteiger partial charge is 0.475 e. The topological polar surface area (TPSA) is 144 Å². The lowest BCUT2D eigenvalue weighted by atomic mass is 10.1. The molecule has 2 aromatic heterocycles. The number of benzene rings is 1. The molecule has 1 saturated carbocycles. The normalized spacial score (nSPS) is 23.7. The van der Waals surface area contributed by atoms with Crippen LogP contribution in [-0.4, -0.2) is 68.8 Å². The van der Waals surface area contributed by atoms with Gasteiger partial charge in [0.05, 0.1) is 36.0 Å². The molecule has 1 aliphatic heterocycles. The Bertz CT molecular complexity index is 1330. The van der Waals surface area contributed by atoms with Crippen LogP contribution in [0.2, 0.25) is 0 Å². The molecule has 0 radical (unpaired) electrons. The van der Waals surface area contributed by atoms with Gasteiger partial charge in [0.2, 0.25) is 11.8 Å². The van der Waals surface area contributed by atoms with Gasteiger partial charge in [0.25, 0.3) is 0 Å². The molecule has 3 aromatic rings. The minimum atomic E-state index is -1.02. The Hall–Kier alpha value is -3.73. The summed E-state index contributed by atoms with van der Waals surface area (Å²) in [5, 5.41) is 41.6. The quantitative estimate of drug-likeness (QED) is 0.284. The zero-order valence-corrected chi connectivity index (χ0v) is 20.8. The van der Waals surface area contributed by atoms with Crippen LogP contribution in [0.4, 0.5) is 5.69 Å². The van der Waals surface area contributed by atoms with Gasteiger partial charge in [0, 0.05) is 41.4 Å². The van der Waals surface area contributed by atoms with Crippen molar-refractivity contribution in [3.8, 4) is 5.88 Å². The lowest BCUT2D eigenvalue weighted by Crippen LogP contribution is -2.47. The fraction of sp³-hybridized carbons (Fsp3) is 0.370. The summed E-state index contributed by atoms with van der Waals surface area (Å²) in [6.45, 7) is 4.02. The molecular formula is C27H32N6O4. The van der Waals surface area contributed by atoms with E-state index in [4.69, 9.17) is 9.72 Å². The molecule has 3 heterocycles. The number of aromatic nitrogens is 2. The number of pyridine rings is 2. The van der Waals surface area contributed by atoms with Crippen LogP contribution < -0.4 is 20.7 Å². The second kappa shape index (κ2) is 10.7. The molecule has 10 heteroatoms. The second-order valence-electron chi connectivity index (χ2n) is 9.62. The number of aliphatic imine (C=N–C) groups is 1. The number of fused-ring (bicyclic) bond motifs is 1. The van der Waals surface area contributed by atoms with Crippen LogP contribution in [0, 0.1) is 5.92 Å². The van der Waals surface area contributed by atoms with E-state index in [0.29, 0.717) is 30.6 Å². The number of nitrogens with zero attached hydrogens (tertiary/aromatic N) is 3. The first kappa shape index (κ1) is 24.9. The molecular weight excluding hydrogens is 472 g/mol. The Morgan fingerprint density at radius 1 is 1.11 bits per heavy atom. The zero-order valence-electron chi connectivity index (χ0n) is 20.8. The molecule has 6 N–H and O–H groups in total. The van der Waals surface area contributed by atoms with E-state index in [9.17, 15) is 15.3 Å². The van der Waals surface area contributed by atoms with Crippen molar-refractivity contribution in [3.05, 3.63) is 66.2 Å². The number of rotatable bonds is 7. The number of nitrogens with one attached hydrogen (secondary N) is 3. The summed E-state index contributed by atoms with van der Waals surface area (Å²) in [5.74, 6) is 1.23. The molecule has 1 fully saturated rings. The van der Waals surface area contributed by atoms with Gasteiger partial charge in [-0.1, -0.05) is 24.3 Å². The summed E-state index contributed by atoms with van der Waals surface area (Å²) >= 11 is 0. The van der Waals surface area contributed by atoms with Gasteiger partial charge in [0.1, 0.15) is 11.9 Å². The maximum atomic E-state index is 10.6. The highest BCUT2D eigenvalue weighted by Gasteiger charge is 2.41. The van der Waals surface area contributed by atoms with Crippen molar-refractivity contribution in [3.63, 3.8) is 0 Å². The van der Waals surface area contributed by atoms with Crippen LogP contribution in [0.25, 0.3) is 16.5 Å². The van der Waals surface area contributed by atoms with Gasteiger partial charge in [-0.2, -0.15) is 0 Å². The van der Waals surface area contributed by atoms with E-state index >= 15 is 0 Å². The number of para-hydroxylation sites is 1. The summed E-state index contributed by atoms with van der Waals surface area (Å²) in [7, 11) is 0. The highest BCUT2D eigenvalue weighted by atomic mass is 16.5. The molecule has 37 heavy (non-hydrogen) atoms. The Kier molecular flexibility index (Phi) is 7.22. The number of hydrogen-bond acceptors (Lipinski definition) is 10. The first-order chi connectivity index (χ1) is 17.9. The minimum Gasteiger partial charge on any atom is -0.475 e. The Morgan fingerprint density at radius 3 is 2.73 bits per heavy atom. The van der Waals surface area contributed by atoms with Gasteiger partial charge < -0.3 is 36.0 Å². The summed E-state index contributed by atoms with van der Waals surface area (Å²) < 4.78 is 5.69. The fourth-order valence-electron chi connectivity index (χ4n) is 4.67. The standard InChI is InChI=1S/C27H32N6O4/c1-15(2)37-23-12-18(9-10-28-23)30-27-29-13-19(21-8-7-16-5-3-4-6-20(16)31-21)26(33-27)32-22-11-17(14-34)24(35)25(22)36/h3-10,12,15,17,22,24-25,32,34-36H,11,13-14H2,1-2H3,(H2,28,29,30,33)/t17-,22-,24-,25+/m1/s1.